The molecule has 6 nitrogen and oxygen atoms in total. The van der Waals surface area contributed by atoms with Crippen molar-refractivity contribution >= 4 is 16.9 Å². The van der Waals surface area contributed by atoms with Crippen LogP contribution in [0.1, 0.15) is 17.3 Å². The van der Waals surface area contributed by atoms with E-state index in [-0.39, 0.29) is 5.91 Å². The summed E-state index contributed by atoms with van der Waals surface area (Å²) in [6.45, 7) is 6.82. The van der Waals surface area contributed by atoms with Gasteiger partial charge >= 0.3 is 0 Å². The molecule has 0 saturated carbocycles. The predicted molar refractivity (Wildman–Crippen MR) is 87.3 cm³/mol. The van der Waals surface area contributed by atoms with Crippen LogP contribution in [-0.2, 0) is 4.74 Å². The third-order valence-corrected chi connectivity index (χ3v) is 5.09. The Morgan fingerprint density at radius 3 is 2.92 bits per heavy atom. The van der Waals surface area contributed by atoms with Gasteiger partial charge in [0.2, 0.25) is 0 Å². The highest BCUT2D eigenvalue weighted by molar-refractivity contribution is 6.04. The Hall–Kier alpha value is -1.99. The molecule has 0 unspecified atom stereocenters. The summed E-state index contributed by atoms with van der Waals surface area (Å²) in [6, 6.07) is 2.99. The number of likely N-dealkylation sites (tertiary alicyclic amines) is 1. The second kappa shape index (κ2) is 6.14. The number of fused-ring (bicyclic) bond motifs is 1. The highest BCUT2D eigenvalue weighted by atomic mass is 19.1. The number of ether oxygens (including phenoxy) is 1. The number of halogens is 1. The Labute approximate surface area is 139 Å². The van der Waals surface area contributed by atoms with Crippen molar-refractivity contribution in [2.75, 3.05) is 39.4 Å². The third-order valence-electron chi connectivity index (χ3n) is 5.09. The number of carbonyl (C=O) groups is 1. The molecule has 2 fully saturated rings. The van der Waals surface area contributed by atoms with Gasteiger partial charge in [-0.25, -0.2) is 9.37 Å². The molecule has 2 aliphatic rings. The lowest BCUT2D eigenvalue weighted by atomic mass is 10.0. The van der Waals surface area contributed by atoms with E-state index in [1.165, 1.54) is 18.5 Å². The van der Waals surface area contributed by atoms with Gasteiger partial charge in [0.1, 0.15) is 11.3 Å². The zero-order valence-electron chi connectivity index (χ0n) is 13.7. The molecule has 1 aromatic heterocycles. The molecule has 24 heavy (non-hydrogen) atoms. The van der Waals surface area contributed by atoms with Gasteiger partial charge in [0, 0.05) is 32.2 Å². The maximum absolute atomic E-state index is 13.8. The largest absolute Gasteiger partial charge is 0.379 e. The summed E-state index contributed by atoms with van der Waals surface area (Å²) in [6.07, 6.45) is 1.49. The van der Waals surface area contributed by atoms with Crippen molar-refractivity contribution in [3.05, 3.63) is 29.8 Å². The zero-order valence-corrected chi connectivity index (χ0v) is 13.7. The smallest absolute Gasteiger partial charge is 0.256 e. The number of morpholine rings is 1. The molecule has 3 heterocycles. The molecule has 128 valence electrons. The number of hydrogen-bond donors (Lipinski definition) is 1. The van der Waals surface area contributed by atoms with Gasteiger partial charge < -0.3 is 14.6 Å². The molecule has 2 aromatic rings. The Kier molecular flexibility index (Phi) is 3.97. The molecule has 1 N–H and O–H groups in total. The van der Waals surface area contributed by atoms with Crippen LogP contribution >= 0.6 is 0 Å². The van der Waals surface area contributed by atoms with Crippen LogP contribution in [0.2, 0.25) is 0 Å². The number of H-pyrrole nitrogens is 1. The minimum Gasteiger partial charge on any atom is -0.379 e. The number of aromatic amines is 1. The van der Waals surface area contributed by atoms with Gasteiger partial charge in [-0.2, -0.15) is 0 Å². The van der Waals surface area contributed by atoms with Crippen LogP contribution in [0.25, 0.3) is 11.0 Å². The maximum Gasteiger partial charge on any atom is 0.256 e. The number of nitrogens with zero attached hydrogens (tertiary/aromatic N) is 3. The highest BCUT2D eigenvalue weighted by Gasteiger charge is 2.37. The molecule has 7 heteroatoms. The highest BCUT2D eigenvalue weighted by Crippen LogP contribution is 2.26. The van der Waals surface area contributed by atoms with E-state index in [1.54, 1.807) is 0 Å². The van der Waals surface area contributed by atoms with Crippen LogP contribution in [0, 0.1) is 11.7 Å². The average molecular weight is 332 g/mol. The molecule has 1 amide bonds. The molecule has 0 spiro atoms. The first-order chi connectivity index (χ1) is 11.6. The summed E-state index contributed by atoms with van der Waals surface area (Å²) in [5, 5.41) is 0. The van der Waals surface area contributed by atoms with Gasteiger partial charge in [0.05, 0.1) is 30.6 Å². The number of rotatable bonds is 2. The lowest BCUT2D eigenvalue weighted by Crippen LogP contribution is -2.47. The molecule has 4 rings (SSSR count). The lowest BCUT2D eigenvalue weighted by Gasteiger charge is -2.34. The van der Waals surface area contributed by atoms with Crippen LogP contribution in [0.5, 0.6) is 0 Å². The topological polar surface area (TPSA) is 61.5 Å². The van der Waals surface area contributed by atoms with Gasteiger partial charge in [-0.1, -0.05) is 6.92 Å². The fraction of sp³-hybridized carbons (Fsp3) is 0.529. The van der Waals surface area contributed by atoms with E-state index >= 15 is 0 Å². The average Bonchev–Trinajstić information content (AvgIpc) is 3.20. The first-order valence-electron chi connectivity index (χ1n) is 8.37. The monoisotopic (exact) mass is 332 g/mol. The van der Waals surface area contributed by atoms with Gasteiger partial charge in [-0.15, -0.1) is 0 Å². The van der Waals surface area contributed by atoms with Crippen molar-refractivity contribution in [1.82, 2.24) is 19.8 Å². The predicted octanol–water partition coefficient (Wildman–Crippen LogP) is 1.49. The van der Waals surface area contributed by atoms with Gasteiger partial charge in [-0.3, -0.25) is 9.69 Å². The molecule has 2 saturated heterocycles. The quantitative estimate of drug-likeness (QED) is 0.905. The number of hydrogen-bond acceptors (Lipinski definition) is 4. The van der Waals surface area contributed by atoms with Gasteiger partial charge in [-0.05, 0) is 18.1 Å². The van der Waals surface area contributed by atoms with Crippen LogP contribution < -0.4 is 0 Å². The molecular weight excluding hydrogens is 311 g/mol. The third kappa shape index (κ3) is 2.67. The minimum absolute atomic E-state index is 0.144. The lowest BCUT2D eigenvalue weighted by molar-refractivity contribution is 0.0119. The fourth-order valence-corrected chi connectivity index (χ4v) is 3.85. The van der Waals surface area contributed by atoms with Crippen LogP contribution in [0.15, 0.2) is 18.5 Å². The maximum atomic E-state index is 13.8. The van der Waals surface area contributed by atoms with Crippen molar-refractivity contribution in [3.8, 4) is 0 Å². The molecular formula is C17H21FN4O2. The van der Waals surface area contributed by atoms with Gasteiger partial charge in [0.25, 0.3) is 5.91 Å². The van der Waals surface area contributed by atoms with Crippen LogP contribution in [-0.4, -0.2) is 71.1 Å². The molecule has 2 aliphatic heterocycles. The van der Waals surface area contributed by atoms with Gasteiger partial charge in [0.15, 0.2) is 0 Å². The normalized spacial score (nSPS) is 25.5. The van der Waals surface area contributed by atoms with E-state index in [9.17, 15) is 9.18 Å². The van der Waals surface area contributed by atoms with E-state index < -0.39 is 5.82 Å². The van der Waals surface area contributed by atoms with Crippen LogP contribution in [0.4, 0.5) is 4.39 Å². The van der Waals surface area contributed by atoms with E-state index in [0.717, 1.165) is 26.3 Å². The van der Waals surface area contributed by atoms with Crippen molar-refractivity contribution in [3.63, 3.8) is 0 Å². The molecule has 2 atom stereocenters. The fourth-order valence-electron chi connectivity index (χ4n) is 3.85. The molecule has 0 aliphatic carbocycles. The number of nitrogens with one attached hydrogen (secondary N) is 1. The first-order valence-corrected chi connectivity index (χ1v) is 8.37. The van der Waals surface area contributed by atoms with Crippen molar-refractivity contribution in [2.24, 2.45) is 5.92 Å². The van der Waals surface area contributed by atoms with E-state index in [0.29, 0.717) is 41.6 Å². The van der Waals surface area contributed by atoms with E-state index in [1.807, 2.05) is 4.90 Å². The summed E-state index contributed by atoms with van der Waals surface area (Å²) in [4.78, 5) is 24.2. The summed E-state index contributed by atoms with van der Waals surface area (Å²) >= 11 is 0. The van der Waals surface area contributed by atoms with Crippen molar-refractivity contribution in [1.29, 1.82) is 0 Å². The number of carbonyl (C=O) groups excluding carboxylic acids is 1. The summed E-state index contributed by atoms with van der Waals surface area (Å²) in [5.74, 6) is -0.184. The minimum atomic E-state index is -0.424. The van der Waals surface area contributed by atoms with Crippen molar-refractivity contribution in [2.45, 2.75) is 13.0 Å². The summed E-state index contributed by atoms with van der Waals surface area (Å²) in [7, 11) is 0. The molecule has 0 bridgehead atoms. The first kappa shape index (κ1) is 15.5. The van der Waals surface area contributed by atoms with Crippen LogP contribution in [0.3, 0.4) is 0 Å². The van der Waals surface area contributed by atoms with E-state index in [2.05, 4.69) is 21.8 Å². The number of aromatic nitrogens is 2. The summed E-state index contributed by atoms with van der Waals surface area (Å²) in [5.41, 5.74) is 1.42. The second-order valence-corrected chi connectivity index (χ2v) is 6.66. The SMILES string of the molecule is C[C@@H]1CN(C(=O)c2cc(F)cc3[nH]cnc23)C[C@@H]1N1CCOCC1. The van der Waals surface area contributed by atoms with Crippen molar-refractivity contribution < 1.29 is 13.9 Å². The Bertz CT molecular complexity index is 756. The Morgan fingerprint density at radius 2 is 2.12 bits per heavy atom. The number of benzene rings is 1. The number of amides is 1. The Morgan fingerprint density at radius 1 is 1.33 bits per heavy atom. The number of imidazole rings is 1. The standard InChI is InChI=1S/C17H21FN4O2/c1-11-8-22(9-15(11)21-2-4-24-5-3-21)17(23)13-6-12(18)7-14-16(13)20-10-19-14/h6-7,10-11,15H,2-5,8-9H2,1H3,(H,19,20)/t11-,15+/m1/s1. The Balaban J connectivity index is 1.57. The van der Waals surface area contributed by atoms with E-state index in [4.69, 9.17) is 4.74 Å². The summed E-state index contributed by atoms with van der Waals surface area (Å²) < 4.78 is 19.2. The zero-order chi connectivity index (χ0) is 16.7. The molecule has 1 aromatic carbocycles. The second-order valence-electron chi connectivity index (χ2n) is 6.66. The molecule has 0 radical (unpaired) electrons.